The minimum atomic E-state index is 0.343. The van der Waals surface area contributed by atoms with Crippen molar-refractivity contribution >= 4 is 5.69 Å². The molecule has 21 heavy (non-hydrogen) atoms. The Morgan fingerprint density at radius 2 is 2.05 bits per heavy atom. The number of piperidine rings is 1. The normalized spacial score (nSPS) is 16.2. The molecule has 0 atom stereocenters. The van der Waals surface area contributed by atoms with Crippen molar-refractivity contribution in [3.05, 3.63) is 36.2 Å². The molecule has 3 rings (SSSR count). The van der Waals surface area contributed by atoms with Crippen molar-refractivity contribution in [2.45, 2.75) is 25.8 Å². The van der Waals surface area contributed by atoms with Gasteiger partial charge in [0.2, 0.25) is 0 Å². The largest absolute Gasteiger partial charge is 0.497 e. The van der Waals surface area contributed by atoms with E-state index in [1.54, 1.807) is 7.11 Å². The molecular formula is C16H22N4O. The summed E-state index contributed by atoms with van der Waals surface area (Å²) < 4.78 is 7.25. The maximum atomic E-state index is 5.98. The molecule has 0 amide bonds. The van der Waals surface area contributed by atoms with E-state index < -0.39 is 0 Å². The first kappa shape index (κ1) is 13.9. The van der Waals surface area contributed by atoms with Gasteiger partial charge < -0.3 is 15.4 Å². The molecule has 5 heteroatoms. The molecule has 1 aromatic heterocycles. The van der Waals surface area contributed by atoms with Crippen molar-refractivity contribution in [1.82, 2.24) is 9.78 Å². The van der Waals surface area contributed by atoms with E-state index in [1.165, 1.54) is 5.69 Å². The molecule has 1 fully saturated rings. The molecule has 0 saturated carbocycles. The molecule has 0 spiro atoms. The fourth-order valence-electron chi connectivity index (χ4n) is 2.85. The van der Waals surface area contributed by atoms with Gasteiger partial charge in [-0.2, -0.15) is 5.10 Å². The summed E-state index contributed by atoms with van der Waals surface area (Å²) in [6.45, 7) is 4.12. The van der Waals surface area contributed by atoms with Crippen LogP contribution in [0.15, 0.2) is 30.5 Å². The lowest BCUT2D eigenvalue weighted by Gasteiger charge is -2.31. The van der Waals surface area contributed by atoms with E-state index in [0.717, 1.165) is 43.1 Å². The third-order valence-electron chi connectivity index (χ3n) is 4.16. The fraction of sp³-hybridized carbons (Fsp3) is 0.438. The van der Waals surface area contributed by atoms with Crippen LogP contribution >= 0.6 is 0 Å². The van der Waals surface area contributed by atoms with Crippen molar-refractivity contribution in [2.24, 2.45) is 5.73 Å². The number of nitrogens with zero attached hydrogens (tertiary/aromatic N) is 3. The number of rotatable bonds is 3. The zero-order valence-corrected chi connectivity index (χ0v) is 12.6. The molecular weight excluding hydrogens is 264 g/mol. The molecule has 0 aliphatic carbocycles. The van der Waals surface area contributed by atoms with Gasteiger partial charge in [0.1, 0.15) is 5.75 Å². The summed E-state index contributed by atoms with van der Waals surface area (Å²) in [6.07, 6.45) is 4.04. The van der Waals surface area contributed by atoms with Crippen molar-refractivity contribution in [1.29, 1.82) is 0 Å². The molecule has 0 unspecified atom stereocenters. The molecule has 112 valence electrons. The molecule has 2 heterocycles. The highest BCUT2D eigenvalue weighted by Gasteiger charge is 2.20. The van der Waals surface area contributed by atoms with E-state index >= 15 is 0 Å². The van der Waals surface area contributed by atoms with E-state index in [0.29, 0.717) is 6.04 Å². The molecule has 1 aromatic carbocycles. The molecule has 2 aromatic rings. The van der Waals surface area contributed by atoms with Gasteiger partial charge in [-0.15, -0.1) is 0 Å². The van der Waals surface area contributed by atoms with Gasteiger partial charge in [0, 0.05) is 25.2 Å². The Labute approximate surface area is 125 Å². The van der Waals surface area contributed by atoms with Crippen LogP contribution in [0, 0.1) is 6.92 Å². The number of hydrogen-bond donors (Lipinski definition) is 1. The van der Waals surface area contributed by atoms with Crippen molar-refractivity contribution in [3.8, 4) is 11.4 Å². The quantitative estimate of drug-likeness (QED) is 0.939. The van der Waals surface area contributed by atoms with E-state index in [-0.39, 0.29) is 0 Å². The third-order valence-corrected chi connectivity index (χ3v) is 4.16. The molecule has 0 radical (unpaired) electrons. The summed E-state index contributed by atoms with van der Waals surface area (Å²) in [5, 5.41) is 4.54. The Bertz CT molecular complexity index is 614. The lowest BCUT2D eigenvalue weighted by molar-refractivity contribution is 0.414. The predicted octanol–water partition coefficient (Wildman–Crippen LogP) is 2.12. The first-order chi connectivity index (χ1) is 10.2. The van der Waals surface area contributed by atoms with Gasteiger partial charge in [0.15, 0.2) is 0 Å². The van der Waals surface area contributed by atoms with Gasteiger partial charge in [0.25, 0.3) is 0 Å². The zero-order valence-electron chi connectivity index (χ0n) is 12.6. The summed E-state index contributed by atoms with van der Waals surface area (Å²) >= 11 is 0. The third kappa shape index (κ3) is 2.74. The molecule has 1 saturated heterocycles. The molecule has 5 nitrogen and oxygen atoms in total. The Morgan fingerprint density at radius 3 is 2.76 bits per heavy atom. The van der Waals surface area contributed by atoms with Crippen LogP contribution in [-0.4, -0.2) is 36.0 Å². The monoisotopic (exact) mass is 286 g/mol. The van der Waals surface area contributed by atoms with Crippen molar-refractivity contribution < 1.29 is 4.74 Å². The average Bonchev–Trinajstić information content (AvgIpc) is 2.90. The minimum absolute atomic E-state index is 0.343. The standard InChI is InChI=1S/C16H22N4O/c1-12-16(19-8-6-13(17)7-9-19)11-18-20(12)14-4-3-5-15(10-14)21-2/h3-5,10-11,13H,6-9,17H2,1-2H3. The first-order valence-electron chi connectivity index (χ1n) is 7.38. The number of anilines is 1. The molecule has 1 aliphatic heterocycles. The topological polar surface area (TPSA) is 56.3 Å². The fourth-order valence-corrected chi connectivity index (χ4v) is 2.85. The summed E-state index contributed by atoms with van der Waals surface area (Å²) in [6, 6.07) is 8.30. The number of ether oxygens (including phenoxy) is 1. The van der Waals surface area contributed by atoms with E-state index in [4.69, 9.17) is 10.5 Å². The van der Waals surface area contributed by atoms with Crippen LogP contribution in [-0.2, 0) is 0 Å². The van der Waals surface area contributed by atoms with Crippen LogP contribution in [0.4, 0.5) is 5.69 Å². The molecule has 2 N–H and O–H groups in total. The first-order valence-corrected chi connectivity index (χ1v) is 7.38. The van der Waals surface area contributed by atoms with Crippen LogP contribution in [0.1, 0.15) is 18.5 Å². The Morgan fingerprint density at radius 1 is 1.29 bits per heavy atom. The number of methoxy groups -OCH3 is 1. The Hall–Kier alpha value is -2.01. The van der Waals surface area contributed by atoms with Gasteiger partial charge >= 0.3 is 0 Å². The van der Waals surface area contributed by atoms with Crippen LogP contribution in [0.3, 0.4) is 0 Å². The Kier molecular flexibility index (Phi) is 3.84. The van der Waals surface area contributed by atoms with Crippen LogP contribution in [0.2, 0.25) is 0 Å². The molecule has 0 bridgehead atoms. The number of hydrogen-bond acceptors (Lipinski definition) is 4. The second kappa shape index (κ2) is 5.77. The number of benzene rings is 1. The number of aromatic nitrogens is 2. The van der Waals surface area contributed by atoms with Gasteiger partial charge in [-0.25, -0.2) is 4.68 Å². The smallest absolute Gasteiger partial charge is 0.121 e. The zero-order chi connectivity index (χ0) is 14.8. The SMILES string of the molecule is COc1cccc(-n2ncc(N3CCC(N)CC3)c2C)c1. The van der Waals surface area contributed by atoms with Crippen molar-refractivity contribution in [3.63, 3.8) is 0 Å². The minimum Gasteiger partial charge on any atom is -0.497 e. The summed E-state index contributed by atoms with van der Waals surface area (Å²) in [5.41, 5.74) is 9.35. The maximum absolute atomic E-state index is 5.98. The Balaban J connectivity index is 1.88. The summed E-state index contributed by atoms with van der Waals surface area (Å²) in [7, 11) is 1.68. The van der Waals surface area contributed by atoms with Crippen LogP contribution < -0.4 is 15.4 Å². The highest BCUT2D eigenvalue weighted by atomic mass is 16.5. The average molecular weight is 286 g/mol. The second-order valence-electron chi connectivity index (χ2n) is 5.55. The van der Waals surface area contributed by atoms with Gasteiger partial charge in [-0.05, 0) is 31.9 Å². The van der Waals surface area contributed by atoms with E-state index in [2.05, 4.69) is 16.9 Å². The van der Waals surface area contributed by atoms with Gasteiger partial charge in [0.05, 0.1) is 30.4 Å². The van der Waals surface area contributed by atoms with Crippen LogP contribution in [0.5, 0.6) is 5.75 Å². The van der Waals surface area contributed by atoms with Crippen LogP contribution in [0.25, 0.3) is 5.69 Å². The lowest BCUT2D eigenvalue weighted by atomic mass is 10.1. The highest BCUT2D eigenvalue weighted by Crippen LogP contribution is 2.26. The van der Waals surface area contributed by atoms with Gasteiger partial charge in [-0.1, -0.05) is 6.07 Å². The highest BCUT2D eigenvalue weighted by molar-refractivity contribution is 5.53. The number of nitrogens with two attached hydrogens (primary N) is 1. The predicted molar refractivity (Wildman–Crippen MR) is 84.3 cm³/mol. The maximum Gasteiger partial charge on any atom is 0.121 e. The molecule has 1 aliphatic rings. The van der Waals surface area contributed by atoms with Crippen molar-refractivity contribution in [2.75, 3.05) is 25.1 Å². The van der Waals surface area contributed by atoms with E-state index in [1.807, 2.05) is 35.1 Å². The lowest BCUT2D eigenvalue weighted by Crippen LogP contribution is -2.39. The van der Waals surface area contributed by atoms with Gasteiger partial charge in [-0.3, -0.25) is 0 Å². The summed E-state index contributed by atoms with van der Waals surface area (Å²) in [4.78, 5) is 2.38. The van der Waals surface area contributed by atoms with E-state index in [9.17, 15) is 0 Å². The summed E-state index contributed by atoms with van der Waals surface area (Å²) in [5.74, 6) is 0.841. The second-order valence-corrected chi connectivity index (χ2v) is 5.55.